The quantitative estimate of drug-likeness (QED) is 0.661. The zero-order valence-corrected chi connectivity index (χ0v) is 15.5. The van der Waals surface area contributed by atoms with Gasteiger partial charge >= 0.3 is 0 Å². The highest BCUT2D eigenvalue weighted by atomic mass is 79.9. The largest absolute Gasteiger partial charge is 0.339 e. The Hall–Kier alpha value is -2.73. The monoisotopic (exact) mass is 396 g/mol. The van der Waals surface area contributed by atoms with Crippen LogP contribution in [0.3, 0.4) is 0 Å². The van der Waals surface area contributed by atoms with E-state index in [1.165, 1.54) is 11.8 Å². The first-order valence-electron chi connectivity index (χ1n) is 7.74. The van der Waals surface area contributed by atoms with Gasteiger partial charge in [0.1, 0.15) is 11.5 Å². The molecule has 1 amide bonds. The molecule has 0 bridgehead atoms. The van der Waals surface area contributed by atoms with Gasteiger partial charge in [0.2, 0.25) is 0 Å². The molecule has 3 aromatic rings. The van der Waals surface area contributed by atoms with E-state index in [0.29, 0.717) is 11.5 Å². The molecule has 25 heavy (non-hydrogen) atoms. The molecule has 3 rings (SSSR count). The number of nitrogens with zero attached hydrogens (tertiary/aromatic N) is 2. The van der Waals surface area contributed by atoms with Crippen molar-refractivity contribution in [3.8, 4) is 0 Å². The van der Waals surface area contributed by atoms with Crippen LogP contribution in [-0.4, -0.2) is 15.9 Å². The van der Waals surface area contributed by atoms with Crippen molar-refractivity contribution in [2.75, 3.05) is 10.6 Å². The molecule has 0 unspecified atom stereocenters. The van der Waals surface area contributed by atoms with Crippen molar-refractivity contribution in [1.82, 2.24) is 9.97 Å². The lowest BCUT2D eigenvalue weighted by molar-refractivity contribution is 0.102. The van der Waals surface area contributed by atoms with Gasteiger partial charge in [-0.15, -0.1) is 0 Å². The van der Waals surface area contributed by atoms with Crippen molar-refractivity contribution >= 4 is 39.0 Å². The van der Waals surface area contributed by atoms with Gasteiger partial charge in [-0.1, -0.05) is 39.7 Å². The van der Waals surface area contributed by atoms with Gasteiger partial charge in [-0.25, -0.2) is 9.97 Å². The molecule has 1 aromatic heterocycles. The smallest absolute Gasteiger partial charge is 0.275 e. The first kappa shape index (κ1) is 17.1. The Labute approximate surface area is 154 Å². The molecule has 126 valence electrons. The molecule has 0 aliphatic heterocycles. The maximum atomic E-state index is 12.3. The van der Waals surface area contributed by atoms with Gasteiger partial charge in [-0.2, -0.15) is 0 Å². The van der Waals surface area contributed by atoms with Crippen LogP contribution in [0.5, 0.6) is 0 Å². The SMILES string of the molecule is Cc1ccc(Nc2cnc(C(=O)Nc3ccc(C)c(Br)c3)cn2)cc1. The minimum absolute atomic E-state index is 0.256. The first-order chi connectivity index (χ1) is 12.0. The molecule has 0 aliphatic rings. The van der Waals surface area contributed by atoms with Crippen LogP contribution >= 0.6 is 15.9 Å². The summed E-state index contributed by atoms with van der Waals surface area (Å²) in [7, 11) is 0. The standard InChI is InChI=1S/C19H17BrN4O/c1-12-3-6-14(7-4-12)23-18-11-21-17(10-22-18)19(25)24-15-8-5-13(2)16(20)9-15/h3-11H,1-2H3,(H,22,23)(H,24,25). The number of aryl methyl sites for hydroxylation is 2. The molecule has 0 radical (unpaired) electrons. The molecule has 6 heteroatoms. The Morgan fingerprint density at radius 2 is 1.68 bits per heavy atom. The van der Waals surface area contributed by atoms with Gasteiger partial charge in [-0.3, -0.25) is 4.79 Å². The number of amides is 1. The van der Waals surface area contributed by atoms with Gasteiger partial charge < -0.3 is 10.6 Å². The van der Waals surface area contributed by atoms with Crippen molar-refractivity contribution in [2.45, 2.75) is 13.8 Å². The van der Waals surface area contributed by atoms with E-state index in [-0.39, 0.29) is 11.6 Å². The number of rotatable bonds is 4. The summed E-state index contributed by atoms with van der Waals surface area (Å²) in [5.41, 5.74) is 4.16. The summed E-state index contributed by atoms with van der Waals surface area (Å²) in [5.74, 6) is 0.281. The average Bonchev–Trinajstić information content (AvgIpc) is 2.61. The number of nitrogens with one attached hydrogen (secondary N) is 2. The Morgan fingerprint density at radius 1 is 0.960 bits per heavy atom. The number of anilines is 3. The molecule has 0 atom stereocenters. The summed E-state index contributed by atoms with van der Waals surface area (Å²) in [6, 6.07) is 13.6. The van der Waals surface area contributed by atoms with Gasteiger partial charge in [0, 0.05) is 15.8 Å². The Bertz CT molecular complexity index is 892. The summed E-state index contributed by atoms with van der Waals surface area (Å²) in [4.78, 5) is 20.7. The van der Waals surface area contributed by atoms with E-state index < -0.39 is 0 Å². The molecule has 0 saturated carbocycles. The minimum Gasteiger partial charge on any atom is -0.339 e. The lowest BCUT2D eigenvalue weighted by atomic mass is 10.2. The van der Waals surface area contributed by atoms with E-state index in [4.69, 9.17) is 0 Å². The lowest BCUT2D eigenvalue weighted by Crippen LogP contribution is -2.14. The van der Waals surface area contributed by atoms with Crippen molar-refractivity contribution in [3.63, 3.8) is 0 Å². The van der Waals surface area contributed by atoms with Crippen LogP contribution in [0.4, 0.5) is 17.2 Å². The molecule has 5 nitrogen and oxygen atoms in total. The number of hydrogen-bond donors (Lipinski definition) is 2. The molecule has 0 saturated heterocycles. The fraction of sp³-hybridized carbons (Fsp3) is 0.105. The third-order valence-corrected chi connectivity index (χ3v) is 4.49. The Kier molecular flexibility index (Phi) is 5.09. The zero-order valence-electron chi connectivity index (χ0n) is 13.9. The normalized spacial score (nSPS) is 10.4. The summed E-state index contributed by atoms with van der Waals surface area (Å²) in [5, 5.41) is 5.96. The summed E-state index contributed by atoms with van der Waals surface area (Å²) < 4.78 is 0.939. The predicted octanol–water partition coefficient (Wildman–Crippen LogP) is 4.85. The predicted molar refractivity (Wildman–Crippen MR) is 103 cm³/mol. The van der Waals surface area contributed by atoms with E-state index in [2.05, 4.69) is 36.5 Å². The maximum Gasteiger partial charge on any atom is 0.275 e. The molecular formula is C19H17BrN4O. The van der Waals surface area contributed by atoms with Crippen LogP contribution in [0, 0.1) is 13.8 Å². The highest BCUT2D eigenvalue weighted by Gasteiger charge is 2.09. The number of carbonyl (C=O) groups excluding carboxylic acids is 1. The number of hydrogen-bond acceptors (Lipinski definition) is 4. The van der Waals surface area contributed by atoms with Crippen LogP contribution in [0.15, 0.2) is 59.3 Å². The Morgan fingerprint density at radius 3 is 2.32 bits per heavy atom. The van der Waals surface area contributed by atoms with E-state index >= 15 is 0 Å². The van der Waals surface area contributed by atoms with Crippen molar-refractivity contribution < 1.29 is 4.79 Å². The number of carbonyl (C=O) groups is 1. The third kappa shape index (κ3) is 4.42. The number of halogens is 1. The highest BCUT2D eigenvalue weighted by molar-refractivity contribution is 9.10. The highest BCUT2D eigenvalue weighted by Crippen LogP contribution is 2.21. The second-order valence-electron chi connectivity index (χ2n) is 5.70. The van der Waals surface area contributed by atoms with Gasteiger partial charge in [0.05, 0.1) is 12.4 Å². The van der Waals surface area contributed by atoms with Crippen molar-refractivity contribution in [3.05, 3.63) is 76.2 Å². The van der Waals surface area contributed by atoms with Crippen LogP contribution in [0.2, 0.25) is 0 Å². The summed E-state index contributed by atoms with van der Waals surface area (Å²) in [6.07, 6.45) is 2.99. The average molecular weight is 397 g/mol. The van der Waals surface area contributed by atoms with E-state index in [9.17, 15) is 4.79 Å². The molecular weight excluding hydrogens is 380 g/mol. The van der Waals surface area contributed by atoms with E-state index in [1.807, 2.05) is 56.3 Å². The first-order valence-corrected chi connectivity index (χ1v) is 8.54. The van der Waals surface area contributed by atoms with E-state index in [1.54, 1.807) is 6.20 Å². The van der Waals surface area contributed by atoms with Gasteiger partial charge in [0.25, 0.3) is 5.91 Å². The second-order valence-corrected chi connectivity index (χ2v) is 6.55. The fourth-order valence-corrected chi connectivity index (χ4v) is 2.54. The summed E-state index contributed by atoms with van der Waals surface area (Å²) in [6.45, 7) is 4.02. The fourth-order valence-electron chi connectivity index (χ4n) is 2.16. The maximum absolute atomic E-state index is 12.3. The molecule has 1 heterocycles. The van der Waals surface area contributed by atoms with Gasteiger partial charge in [-0.05, 0) is 43.7 Å². The number of aromatic nitrogens is 2. The van der Waals surface area contributed by atoms with Crippen molar-refractivity contribution in [2.24, 2.45) is 0 Å². The molecule has 2 N–H and O–H groups in total. The van der Waals surface area contributed by atoms with Crippen LogP contribution in [-0.2, 0) is 0 Å². The lowest BCUT2D eigenvalue weighted by Gasteiger charge is -2.08. The third-order valence-electron chi connectivity index (χ3n) is 3.64. The molecule has 0 fully saturated rings. The molecule has 0 spiro atoms. The van der Waals surface area contributed by atoms with Crippen LogP contribution in [0.25, 0.3) is 0 Å². The van der Waals surface area contributed by atoms with Crippen LogP contribution in [0.1, 0.15) is 21.6 Å². The van der Waals surface area contributed by atoms with Crippen LogP contribution < -0.4 is 10.6 Å². The molecule has 0 aliphatic carbocycles. The summed E-state index contributed by atoms with van der Waals surface area (Å²) >= 11 is 3.45. The van der Waals surface area contributed by atoms with Crippen molar-refractivity contribution in [1.29, 1.82) is 0 Å². The van der Waals surface area contributed by atoms with Gasteiger partial charge in [0.15, 0.2) is 0 Å². The number of benzene rings is 2. The molecule has 2 aromatic carbocycles. The van der Waals surface area contributed by atoms with E-state index in [0.717, 1.165) is 15.7 Å². The topological polar surface area (TPSA) is 66.9 Å². The second kappa shape index (κ2) is 7.44. The minimum atomic E-state index is -0.301. The zero-order chi connectivity index (χ0) is 17.8. The Balaban J connectivity index is 1.67.